The molecule has 0 aliphatic carbocycles. The fourth-order valence-corrected chi connectivity index (χ4v) is 1.44. The molecule has 0 aromatic rings. The molecule has 0 aliphatic heterocycles. The molecule has 0 nitrogen and oxygen atoms in total. The predicted molar refractivity (Wildman–Crippen MR) is 40.8 cm³/mol. The Morgan fingerprint density at radius 3 is 2.43 bits per heavy atom. The molecule has 0 rings (SSSR count). The molecule has 0 saturated heterocycles. The molecule has 0 heterocycles. The van der Waals surface area contributed by atoms with E-state index in [1.807, 2.05) is 17.7 Å². The van der Waals surface area contributed by atoms with Crippen molar-refractivity contribution in [3.05, 3.63) is 12.2 Å². The molecule has 0 spiro atoms. The number of hydrogen-bond donors (Lipinski definition) is 0. The van der Waals surface area contributed by atoms with E-state index < -0.39 is 0 Å². The first kappa shape index (κ1) is 7.44. The number of hydrogen-bond acceptors (Lipinski definition) is 2. The zero-order valence-corrected chi connectivity index (χ0v) is 6.36. The highest BCUT2D eigenvalue weighted by atomic mass is 33.1. The van der Waals surface area contributed by atoms with Gasteiger partial charge >= 0.3 is 0 Å². The van der Waals surface area contributed by atoms with Crippen LogP contribution in [0.5, 0.6) is 0 Å². The van der Waals surface area contributed by atoms with Gasteiger partial charge in [0.15, 0.2) is 0 Å². The minimum absolute atomic E-state index is 1.08. The lowest BCUT2D eigenvalue weighted by molar-refractivity contribution is 1.45. The average molecular weight is 134 g/mol. The molecule has 0 radical (unpaired) electrons. The highest BCUT2D eigenvalue weighted by Gasteiger charge is 1.81. The molecule has 0 aliphatic rings. The summed E-state index contributed by atoms with van der Waals surface area (Å²) >= 11 is 0. The third kappa shape index (κ3) is 6.44. The van der Waals surface area contributed by atoms with Gasteiger partial charge in [0.2, 0.25) is 0 Å². The molecular weight excluding hydrogens is 124 g/mol. The Bertz CT molecular complexity index is 59.1. The van der Waals surface area contributed by atoms with Crippen LogP contribution in [0.15, 0.2) is 12.2 Å². The van der Waals surface area contributed by atoms with Crippen LogP contribution in [-0.2, 0) is 0 Å². The van der Waals surface area contributed by atoms with Crippen molar-refractivity contribution < 1.29 is 0 Å². The third-order valence-electron chi connectivity index (χ3n) is 0.423. The second-order valence-corrected chi connectivity index (χ2v) is 3.95. The Morgan fingerprint density at radius 1 is 1.71 bits per heavy atom. The zero-order valence-electron chi connectivity index (χ0n) is 4.73. The van der Waals surface area contributed by atoms with Crippen LogP contribution in [0.2, 0.25) is 0 Å². The second-order valence-electron chi connectivity index (χ2n) is 1.39. The summed E-state index contributed by atoms with van der Waals surface area (Å²) in [7, 11) is 3.62. The van der Waals surface area contributed by atoms with Crippen LogP contribution in [0, 0.1) is 0 Å². The van der Waals surface area contributed by atoms with Crippen molar-refractivity contribution in [3.8, 4) is 0 Å². The summed E-state index contributed by atoms with van der Waals surface area (Å²) in [4.78, 5) is 0. The van der Waals surface area contributed by atoms with Crippen LogP contribution in [0.4, 0.5) is 0 Å². The SMILES string of the molecule is C=C(C)CSSC. The molecule has 0 aromatic carbocycles. The lowest BCUT2D eigenvalue weighted by Gasteiger charge is -1.91. The summed E-state index contributed by atoms with van der Waals surface area (Å²) in [6.45, 7) is 5.80. The summed E-state index contributed by atoms with van der Waals surface area (Å²) in [5, 5.41) is 0. The second kappa shape index (κ2) is 4.60. The van der Waals surface area contributed by atoms with E-state index >= 15 is 0 Å². The van der Waals surface area contributed by atoms with Gasteiger partial charge in [0, 0.05) is 5.75 Å². The first-order valence-electron chi connectivity index (χ1n) is 2.07. The molecular formula is C5H10S2. The summed E-state index contributed by atoms with van der Waals surface area (Å²) < 4.78 is 0. The molecule has 0 unspecified atom stereocenters. The van der Waals surface area contributed by atoms with Crippen LogP contribution in [0.3, 0.4) is 0 Å². The van der Waals surface area contributed by atoms with Crippen molar-refractivity contribution in [2.45, 2.75) is 6.92 Å². The molecule has 0 N–H and O–H groups in total. The van der Waals surface area contributed by atoms with E-state index in [1.54, 1.807) is 10.8 Å². The molecule has 0 amide bonds. The highest BCUT2D eigenvalue weighted by Crippen LogP contribution is 2.18. The maximum Gasteiger partial charge on any atom is 0.0242 e. The van der Waals surface area contributed by atoms with Crippen LogP contribution in [0.25, 0.3) is 0 Å². The fraction of sp³-hybridized carbons (Fsp3) is 0.600. The van der Waals surface area contributed by atoms with Gasteiger partial charge in [-0.1, -0.05) is 33.7 Å². The van der Waals surface area contributed by atoms with Crippen molar-refractivity contribution in [2.75, 3.05) is 12.0 Å². The van der Waals surface area contributed by atoms with E-state index in [9.17, 15) is 0 Å². The van der Waals surface area contributed by atoms with Crippen LogP contribution in [0.1, 0.15) is 6.92 Å². The van der Waals surface area contributed by atoms with Crippen LogP contribution in [-0.4, -0.2) is 12.0 Å². The van der Waals surface area contributed by atoms with Gasteiger partial charge in [0.25, 0.3) is 0 Å². The Kier molecular flexibility index (Phi) is 4.88. The normalized spacial score (nSPS) is 8.86. The molecule has 0 saturated carbocycles. The van der Waals surface area contributed by atoms with Crippen molar-refractivity contribution in [1.82, 2.24) is 0 Å². The number of rotatable bonds is 3. The van der Waals surface area contributed by atoms with E-state index in [0.29, 0.717) is 0 Å². The fourth-order valence-electron chi connectivity index (χ4n) is 0.160. The molecule has 7 heavy (non-hydrogen) atoms. The maximum absolute atomic E-state index is 3.76. The van der Waals surface area contributed by atoms with E-state index in [0.717, 1.165) is 5.75 Å². The van der Waals surface area contributed by atoms with Crippen LogP contribution >= 0.6 is 21.6 Å². The highest BCUT2D eigenvalue weighted by molar-refractivity contribution is 8.76. The molecule has 0 atom stereocenters. The van der Waals surface area contributed by atoms with Gasteiger partial charge in [-0.3, -0.25) is 0 Å². The van der Waals surface area contributed by atoms with Crippen molar-refractivity contribution in [2.24, 2.45) is 0 Å². The Labute approximate surface area is 53.2 Å². The maximum atomic E-state index is 3.76. The first-order valence-corrected chi connectivity index (χ1v) is 4.80. The third-order valence-corrected chi connectivity index (χ3v) is 2.33. The first-order chi connectivity index (χ1) is 3.27. The van der Waals surface area contributed by atoms with Gasteiger partial charge in [0.05, 0.1) is 0 Å². The molecule has 0 bridgehead atoms. The minimum Gasteiger partial charge on any atom is -0.0993 e. The quantitative estimate of drug-likeness (QED) is 0.430. The van der Waals surface area contributed by atoms with Gasteiger partial charge < -0.3 is 0 Å². The van der Waals surface area contributed by atoms with Gasteiger partial charge in [-0.25, -0.2) is 0 Å². The van der Waals surface area contributed by atoms with Gasteiger partial charge in [-0.2, -0.15) is 0 Å². The lowest BCUT2D eigenvalue weighted by atomic mass is 10.4. The van der Waals surface area contributed by atoms with Gasteiger partial charge in [-0.15, -0.1) is 0 Å². The molecule has 0 fully saturated rings. The topological polar surface area (TPSA) is 0 Å². The van der Waals surface area contributed by atoms with Crippen molar-refractivity contribution in [3.63, 3.8) is 0 Å². The van der Waals surface area contributed by atoms with Gasteiger partial charge in [0.1, 0.15) is 0 Å². The largest absolute Gasteiger partial charge is 0.0993 e. The molecule has 42 valence electrons. The summed E-state index contributed by atoms with van der Waals surface area (Å²) in [5.74, 6) is 1.08. The van der Waals surface area contributed by atoms with Gasteiger partial charge in [-0.05, 0) is 13.2 Å². The average Bonchev–Trinajstić information content (AvgIpc) is 1.61. The minimum atomic E-state index is 1.08. The monoisotopic (exact) mass is 134 g/mol. The Hall–Kier alpha value is 0.440. The summed E-state index contributed by atoms with van der Waals surface area (Å²) in [5.41, 5.74) is 1.25. The van der Waals surface area contributed by atoms with Crippen LogP contribution < -0.4 is 0 Å². The molecule has 2 heteroatoms. The standard InChI is InChI=1S/C5H10S2/c1-5(2)4-7-6-3/h1,4H2,2-3H3. The van der Waals surface area contributed by atoms with Crippen molar-refractivity contribution >= 4 is 21.6 Å². The van der Waals surface area contributed by atoms with E-state index in [-0.39, 0.29) is 0 Å². The smallest absolute Gasteiger partial charge is 0.0242 e. The Morgan fingerprint density at radius 2 is 2.29 bits per heavy atom. The predicted octanol–water partition coefficient (Wildman–Crippen LogP) is 2.57. The van der Waals surface area contributed by atoms with E-state index in [1.165, 1.54) is 5.57 Å². The Balaban J connectivity index is 2.82. The summed E-state index contributed by atoms with van der Waals surface area (Å²) in [6, 6.07) is 0. The zero-order chi connectivity index (χ0) is 5.70. The summed E-state index contributed by atoms with van der Waals surface area (Å²) in [6.07, 6.45) is 2.08. The van der Waals surface area contributed by atoms with E-state index in [4.69, 9.17) is 0 Å². The van der Waals surface area contributed by atoms with E-state index in [2.05, 4.69) is 12.8 Å². The van der Waals surface area contributed by atoms with Crippen molar-refractivity contribution in [1.29, 1.82) is 0 Å². The lowest BCUT2D eigenvalue weighted by Crippen LogP contribution is -1.71. The molecule has 0 aromatic heterocycles.